The van der Waals surface area contributed by atoms with Crippen molar-refractivity contribution in [2.24, 2.45) is 29.5 Å². The lowest BCUT2D eigenvalue weighted by molar-refractivity contribution is -0.159. The Balaban J connectivity index is 1.80. The van der Waals surface area contributed by atoms with E-state index in [1.54, 1.807) is 6.07 Å². The molecule has 2 unspecified atom stereocenters. The molecule has 198 valence electrons. The molecule has 1 aromatic carbocycles. The van der Waals surface area contributed by atoms with Crippen LogP contribution in [0.3, 0.4) is 0 Å². The van der Waals surface area contributed by atoms with Crippen LogP contribution in [-0.2, 0) is 37.4 Å². The first-order chi connectivity index (χ1) is 17.2. The number of nitrogens with zero attached hydrogens (tertiary/aromatic N) is 3. The number of carboxylic acid groups (broad SMARTS) is 1. The molecule has 37 heavy (non-hydrogen) atoms. The molecule has 0 aliphatic heterocycles. The first-order valence-electron chi connectivity index (χ1n) is 11.1. The van der Waals surface area contributed by atoms with E-state index in [9.17, 15) is 41.5 Å². The number of nitrogens with two attached hydrogens (primary N) is 1. The van der Waals surface area contributed by atoms with E-state index in [1.165, 1.54) is 30.1 Å². The van der Waals surface area contributed by atoms with Gasteiger partial charge in [0.2, 0.25) is 5.91 Å². The minimum atomic E-state index is -5.04. The zero-order chi connectivity index (χ0) is 27.6. The maximum atomic E-state index is 14.1. The normalized spacial score (nSPS) is 29.6. The standard InChI is InChI=1S/C23H23F3N4O6S/c1-30-15(5-6-29-30)12-3-4-16(14(7-12)23(24,25)26)37(34,35)13-8-18(36-2)22(9-13,20(32)33)17-10-21(17,11-27)19(28)31/h3-7,13,17-18H,8-10H2,1-2H3,(H2,28,31)(H,32,33)/t13-,17?,18+,21?,22+/m0/s1. The third-order valence-electron chi connectivity index (χ3n) is 7.67. The number of halogens is 3. The number of aryl methyl sites for hydroxylation is 1. The van der Waals surface area contributed by atoms with Gasteiger partial charge in [-0.05, 0) is 37.5 Å². The van der Waals surface area contributed by atoms with E-state index in [-0.39, 0.29) is 12.0 Å². The number of carbonyl (C=O) groups excluding carboxylic acids is 1. The van der Waals surface area contributed by atoms with Crippen LogP contribution in [0.5, 0.6) is 0 Å². The summed E-state index contributed by atoms with van der Waals surface area (Å²) < 4.78 is 76.2. The topological polar surface area (TPSA) is 165 Å². The summed E-state index contributed by atoms with van der Waals surface area (Å²) in [5.74, 6) is -3.71. The van der Waals surface area contributed by atoms with Gasteiger partial charge in [0.15, 0.2) is 9.84 Å². The largest absolute Gasteiger partial charge is 0.481 e. The van der Waals surface area contributed by atoms with Gasteiger partial charge in [-0.2, -0.15) is 23.5 Å². The molecule has 2 saturated carbocycles. The van der Waals surface area contributed by atoms with Crippen molar-refractivity contribution < 1.29 is 41.0 Å². The fraction of sp³-hybridized carbons (Fsp3) is 0.478. The molecule has 0 bridgehead atoms. The number of benzene rings is 1. The van der Waals surface area contributed by atoms with Crippen LogP contribution >= 0.6 is 0 Å². The van der Waals surface area contributed by atoms with Gasteiger partial charge in [-0.15, -0.1) is 0 Å². The van der Waals surface area contributed by atoms with E-state index >= 15 is 0 Å². The van der Waals surface area contributed by atoms with E-state index in [1.807, 2.05) is 0 Å². The van der Waals surface area contributed by atoms with Gasteiger partial charge in [-0.25, -0.2) is 8.42 Å². The number of hydrogen-bond donors (Lipinski definition) is 2. The zero-order valence-electron chi connectivity index (χ0n) is 19.7. The van der Waals surface area contributed by atoms with Crippen LogP contribution in [0.4, 0.5) is 13.2 Å². The minimum absolute atomic E-state index is 0.0885. The summed E-state index contributed by atoms with van der Waals surface area (Å²) >= 11 is 0. The summed E-state index contributed by atoms with van der Waals surface area (Å²) in [6.07, 6.45) is -6.25. The number of primary amides is 1. The molecule has 5 atom stereocenters. The van der Waals surface area contributed by atoms with Crippen LogP contribution in [0.25, 0.3) is 11.3 Å². The van der Waals surface area contributed by atoms with Crippen molar-refractivity contribution in [1.82, 2.24) is 9.78 Å². The second kappa shape index (κ2) is 8.56. The van der Waals surface area contributed by atoms with Gasteiger partial charge in [0.05, 0.1) is 33.6 Å². The smallest absolute Gasteiger partial charge is 0.417 e. The highest BCUT2D eigenvalue weighted by Crippen LogP contribution is 2.66. The van der Waals surface area contributed by atoms with E-state index in [4.69, 9.17) is 10.5 Å². The molecule has 4 rings (SSSR count). The van der Waals surface area contributed by atoms with Gasteiger partial charge < -0.3 is 15.6 Å². The Morgan fingerprint density at radius 2 is 1.97 bits per heavy atom. The van der Waals surface area contributed by atoms with Gasteiger partial charge >= 0.3 is 12.1 Å². The molecule has 1 heterocycles. The van der Waals surface area contributed by atoms with Crippen molar-refractivity contribution >= 4 is 21.7 Å². The number of ether oxygens (including phenoxy) is 1. The zero-order valence-corrected chi connectivity index (χ0v) is 20.5. The molecule has 14 heteroatoms. The lowest BCUT2D eigenvalue weighted by Crippen LogP contribution is -2.44. The third-order valence-corrected chi connectivity index (χ3v) is 9.87. The van der Waals surface area contributed by atoms with Crippen LogP contribution in [0.1, 0.15) is 24.8 Å². The molecule has 2 fully saturated rings. The van der Waals surface area contributed by atoms with Crippen molar-refractivity contribution in [3.8, 4) is 17.3 Å². The summed E-state index contributed by atoms with van der Waals surface area (Å²) in [4.78, 5) is 23.5. The van der Waals surface area contributed by atoms with Crippen LogP contribution in [-0.4, -0.2) is 53.6 Å². The monoisotopic (exact) mass is 540 g/mol. The number of aromatic nitrogens is 2. The van der Waals surface area contributed by atoms with Gasteiger partial charge in [-0.1, -0.05) is 6.07 Å². The Morgan fingerprint density at radius 1 is 1.30 bits per heavy atom. The summed E-state index contributed by atoms with van der Waals surface area (Å²) in [6, 6.07) is 6.00. The maximum absolute atomic E-state index is 14.1. The molecule has 3 N–H and O–H groups in total. The Morgan fingerprint density at radius 3 is 2.43 bits per heavy atom. The Bertz CT molecular complexity index is 1430. The molecule has 2 aliphatic rings. The predicted molar refractivity (Wildman–Crippen MR) is 120 cm³/mol. The van der Waals surface area contributed by atoms with Crippen molar-refractivity contribution in [2.75, 3.05) is 7.11 Å². The number of sulfone groups is 1. The number of aliphatic carboxylic acids is 1. The molecule has 10 nitrogen and oxygen atoms in total. The van der Waals surface area contributed by atoms with Crippen molar-refractivity contribution in [3.63, 3.8) is 0 Å². The molecular weight excluding hydrogens is 517 g/mol. The summed E-state index contributed by atoms with van der Waals surface area (Å²) in [7, 11) is -2.09. The van der Waals surface area contributed by atoms with Crippen molar-refractivity contribution in [3.05, 3.63) is 36.0 Å². The number of carbonyl (C=O) groups is 2. The molecule has 1 aromatic heterocycles. The van der Waals surface area contributed by atoms with Gasteiger partial charge in [0.1, 0.15) is 10.8 Å². The summed E-state index contributed by atoms with van der Waals surface area (Å²) in [5, 5.41) is 22.0. The lowest BCUT2D eigenvalue weighted by Gasteiger charge is -2.31. The number of alkyl halides is 3. The number of methoxy groups -OCH3 is 1. The average molecular weight is 541 g/mol. The quantitative estimate of drug-likeness (QED) is 0.539. The van der Waals surface area contributed by atoms with E-state index in [0.717, 1.165) is 13.2 Å². The molecule has 0 radical (unpaired) electrons. The number of carboxylic acids is 1. The fourth-order valence-corrected chi connectivity index (χ4v) is 7.68. The molecule has 0 spiro atoms. The van der Waals surface area contributed by atoms with Crippen LogP contribution in [0.15, 0.2) is 35.4 Å². The fourth-order valence-electron chi connectivity index (χ4n) is 5.66. The van der Waals surface area contributed by atoms with Gasteiger partial charge in [-0.3, -0.25) is 14.3 Å². The first kappa shape index (κ1) is 26.6. The van der Waals surface area contributed by atoms with Gasteiger partial charge in [0.25, 0.3) is 0 Å². The Labute approximate surface area is 209 Å². The van der Waals surface area contributed by atoms with E-state index in [2.05, 4.69) is 5.10 Å². The SMILES string of the molecule is CO[C@@H]1C[C@H](S(=O)(=O)c2ccc(-c3ccnn3C)cc2C(F)(F)F)C[C@@]1(C(=O)O)C1CC1(C#N)C(N)=O. The number of hydrogen-bond acceptors (Lipinski definition) is 7. The van der Waals surface area contributed by atoms with Crippen molar-refractivity contribution in [2.45, 2.75) is 41.7 Å². The molecule has 0 saturated heterocycles. The highest BCUT2D eigenvalue weighted by atomic mass is 32.2. The second-order valence-electron chi connectivity index (χ2n) is 9.43. The second-order valence-corrected chi connectivity index (χ2v) is 11.6. The van der Waals surface area contributed by atoms with Crippen LogP contribution in [0.2, 0.25) is 0 Å². The molecular formula is C23H23F3N4O6S. The number of amides is 1. The van der Waals surface area contributed by atoms with E-state index in [0.29, 0.717) is 11.8 Å². The molecule has 1 amide bonds. The number of rotatable bonds is 7. The predicted octanol–water partition coefficient (Wildman–Crippen LogP) is 2.14. The maximum Gasteiger partial charge on any atom is 0.417 e. The summed E-state index contributed by atoms with van der Waals surface area (Å²) in [6.45, 7) is 0. The van der Waals surface area contributed by atoms with Crippen molar-refractivity contribution in [1.29, 1.82) is 5.26 Å². The van der Waals surface area contributed by atoms with Gasteiger partial charge in [0, 0.05) is 31.8 Å². The minimum Gasteiger partial charge on any atom is -0.481 e. The first-order valence-corrected chi connectivity index (χ1v) is 12.6. The Hall–Kier alpha value is -3.44. The van der Waals surface area contributed by atoms with Crippen LogP contribution in [0, 0.1) is 28.1 Å². The molecule has 2 aromatic rings. The van der Waals surface area contributed by atoms with E-state index < -0.39 is 79.3 Å². The summed E-state index contributed by atoms with van der Waals surface area (Å²) in [5.41, 5.74) is 0.528. The molecule has 2 aliphatic carbocycles. The van der Waals surface area contributed by atoms with Crippen LogP contribution < -0.4 is 5.73 Å². The highest BCUT2D eigenvalue weighted by molar-refractivity contribution is 7.92. The Kier molecular flexibility index (Phi) is 6.16. The third kappa shape index (κ3) is 3.88. The average Bonchev–Trinajstić information content (AvgIpc) is 3.21. The lowest BCUT2D eigenvalue weighted by atomic mass is 9.75. The highest BCUT2D eigenvalue weighted by Gasteiger charge is 2.75. The number of nitriles is 1.